The van der Waals surface area contributed by atoms with Crippen LogP contribution in [0.1, 0.15) is 77.6 Å². The van der Waals surface area contributed by atoms with Crippen LogP contribution in [0.3, 0.4) is 0 Å². The van der Waals surface area contributed by atoms with Crippen molar-refractivity contribution in [1.82, 2.24) is 0 Å². The van der Waals surface area contributed by atoms with Crippen molar-refractivity contribution in [2.24, 2.45) is 0 Å². The summed E-state index contributed by atoms with van der Waals surface area (Å²) < 4.78 is 246. The average Bonchev–Trinajstić information content (AvgIpc) is 0.797. The Kier molecular flexibility index (Phi) is 38.1. The van der Waals surface area contributed by atoms with E-state index in [2.05, 4.69) is 262 Å². The first-order valence-electron chi connectivity index (χ1n) is 32.0. The van der Waals surface area contributed by atoms with Crippen molar-refractivity contribution >= 4 is 31.2 Å². The number of nitrogens with zero attached hydrogens (tertiary/aromatic N) is 12. The Labute approximate surface area is 652 Å². The molecule has 0 amide bonds. The number of pyridine rings is 4. The fourth-order valence-corrected chi connectivity index (χ4v) is 8.78. The monoisotopic (exact) mass is 1730 g/mol. The van der Waals surface area contributed by atoms with Crippen LogP contribution in [0.2, 0.25) is 0 Å². The SMILES string of the molecule is CC#N.CC#N.CC#N.CC#N.CC#N.CC#N.CC#N.CC#N.F[P-](F)(F)(F)(F)F.F[P-](F)(F)(F)(F)F.F[P-](F)(F)(F)(F)F.F[P-](F)(F)(F)(F)F.c1cc2ccc1C[n+]1ccc(cc1)-c1ccc(cc1)-c1cc[n+](cc1)Cc1ccc(cc1)-c1ccc(cc1)C[n+]1ccc(cc1)-c1ccc(cc1)-c1cc[n+](cc1)Cc1ccc-2cc1. The van der Waals surface area contributed by atoms with Crippen LogP contribution in [0.15, 0.2) is 244 Å². The van der Waals surface area contributed by atoms with E-state index < -0.39 is 31.2 Å². The summed E-state index contributed by atoms with van der Waals surface area (Å²) in [6.45, 7) is 14.7. The second-order valence-electron chi connectivity index (χ2n) is 22.6. The molecule has 116 heavy (non-hydrogen) atoms. The zero-order valence-electron chi connectivity index (χ0n) is 62.1. The van der Waals surface area contributed by atoms with Crippen LogP contribution in [0.4, 0.5) is 101 Å². The molecule has 40 heteroatoms. The van der Waals surface area contributed by atoms with Crippen LogP contribution in [0, 0.1) is 90.6 Å². The summed E-state index contributed by atoms with van der Waals surface area (Å²) in [7, 11) is -42.6. The van der Waals surface area contributed by atoms with E-state index in [-0.39, 0.29) is 0 Å². The Balaban J connectivity index is 0. The van der Waals surface area contributed by atoms with Gasteiger partial charge in [-0.1, -0.05) is 146 Å². The Hall–Kier alpha value is -12.1. The smallest absolute Gasteiger partial charge is 0.173 e. The summed E-state index contributed by atoms with van der Waals surface area (Å²) in [6.07, 6.45) is 17.4. The normalized spacial score (nSPS) is 12.8. The molecule has 20 bridgehead atoms. The second kappa shape index (κ2) is 41.8. The summed E-state index contributed by atoms with van der Waals surface area (Å²) in [4.78, 5) is 0. The predicted molar refractivity (Wildman–Crippen MR) is 400 cm³/mol. The molecule has 28 aliphatic rings. The van der Waals surface area contributed by atoms with Gasteiger partial charge in [0, 0.05) is 126 Å². The maximum atomic E-state index is 9.87. The van der Waals surface area contributed by atoms with Crippen LogP contribution in [0.5, 0.6) is 0 Å². The summed E-state index contributed by atoms with van der Waals surface area (Å²) >= 11 is 0. The van der Waals surface area contributed by atoms with E-state index in [4.69, 9.17) is 42.1 Å². The molecule has 624 valence electrons. The van der Waals surface area contributed by atoms with Crippen LogP contribution < -0.4 is 18.3 Å². The standard InChI is InChI=1S/C60H48N4.8C2H3N.4F6P/c1-9-49-10-2-45(1)41-61-33-25-57(26-34-61)53-17-19-54(20-18-53)59-29-37-63(38-30-59)43-47-5-13-51(14-6-47)52-15-7-48(8-16-52)44-64-39-31-60(32-40-64)56-23-21-55(22-24-56)58-27-35-62(36-28-58)42-46-3-11-50(49)12-4-46;8*1-2-3;4*1-7(2,3,4,5)6/h1-40H,41-44H2;8*1H3;;;;/q+4;;;;;;;;;4*-1. The molecule has 0 atom stereocenters. The Morgan fingerprint density at radius 3 is 0.328 bits per heavy atom. The first-order chi connectivity index (χ1) is 52.7. The minimum Gasteiger partial charge on any atom is -0.201 e. The number of hydrogen-bond acceptors (Lipinski definition) is 8. The molecule has 28 aliphatic heterocycles. The van der Waals surface area contributed by atoms with E-state index in [0.29, 0.717) is 0 Å². The topological polar surface area (TPSA) is 206 Å². The fourth-order valence-electron chi connectivity index (χ4n) is 8.78. The third kappa shape index (κ3) is 63.4. The van der Waals surface area contributed by atoms with Gasteiger partial charge in [0.25, 0.3) is 0 Å². The molecule has 10 aromatic rings. The number of aromatic nitrogens is 4. The van der Waals surface area contributed by atoms with Gasteiger partial charge in [-0.05, 0) is 66.8 Å². The summed E-state index contributed by atoms with van der Waals surface area (Å²) in [5.74, 6) is 0. The van der Waals surface area contributed by atoms with Crippen molar-refractivity contribution in [1.29, 1.82) is 42.1 Å². The van der Waals surface area contributed by atoms with Crippen LogP contribution in [0.25, 0.3) is 66.8 Å². The maximum absolute atomic E-state index is 10.7. The molecule has 32 heterocycles. The van der Waals surface area contributed by atoms with Gasteiger partial charge in [0.15, 0.2) is 75.8 Å². The third-order valence-corrected chi connectivity index (χ3v) is 12.6. The van der Waals surface area contributed by atoms with Crippen molar-refractivity contribution in [3.05, 3.63) is 266 Å². The van der Waals surface area contributed by atoms with Crippen LogP contribution >= 0.6 is 31.2 Å². The second-order valence-corrected chi connectivity index (χ2v) is 30.3. The number of nitriles is 8. The molecule has 0 unspecified atom stereocenters. The van der Waals surface area contributed by atoms with Crippen molar-refractivity contribution in [2.45, 2.75) is 81.6 Å². The van der Waals surface area contributed by atoms with E-state index >= 15 is 0 Å². The minimum atomic E-state index is -10.7. The third-order valence-electron chi connectivity index (χ3n) is 12.6. The van der Waals surface area contributed by atoms with Gasteiger partial charge in [-0.15, -0.1) is 0 Å². The largest absolute Gasteiger partial charge is 0.201 e. The quantitative estimate of drug-likeness (QED) is 0.0809. The zero-order chi connectivity index (χ0) is 89.9. The van der Waals surface area contributed by atoms with Crippen molar-refractivity contribution < 1.29 is 119 Å². The minimum absolute atomic E-state index is 0.821. The first kappa shape index (κ1) is 106. The number of rotatable bonds is 0. The van der Waals surface area contributed by atoms with E-state index in [1.54, 1.807) is 48.6 Å². The Bertz CT molecular complexity index is 4320. The predicted octanol–water partition coefficient (Wildman–Crippen LogP) is 29.1. The number of halogens is 24. The van der Waals surface area contributed by atoms with Gasteiger partial charge in [0.2, 0.25) is 0 Å². The van der Waals surface area contributed by atoms with E-state index in [0.717, 1.165) is 26.2 Å². The molecule has 0 aliphatic carbocycles. The van der Waals surface area contributed by atoms with Gasteiger partial charge in [-0.25, -0.2) is 18.3 Å². The van der Waals surface area contributed by atoms with Crippen LogP contribution in [-0.4, -0.2) is 0 Å². The molecule has 0 fully saturated rings. The summed E-state index contributed by atoms with van der Waals surface area (Å²) in [5.41, 5.74) is 19.7. The maximum Gasteiger partial charge on any atom is 0.173 e. The molecule has 0 saturated heterocycles. The Morgan fingerprint density at radius 2 is 0.241 bits per heavy atom. The number of hydrogen-bond donors (Lipinski definition) is 0. The zero-order valence-corrected chi connectivity index (χ0v) is 65.7. The summed E-state index contributed by atoms with van der Waals surface area (Å²) in [6, 6.07) is 85.3. The molecule has 0 radical (unpaired) electrons. The molecule has 6 aromatic carbocycles. The molecule has 12 nitrogen and oxygen atoms in total. The molecule has 4 aromatic heterocycles. The van der Waals surface area contributed by atoms with Crippen molar-refractivity contribution in [2.75, 3.05) is 0 Å². The van der Waals surface area contributed by atoms with Gasteiger partial charge in [0.1, 0.15) is 0 Å². The molecular weight excluding hydrogens is 1660 g/mol. The van der Waals surface area contributed by atoms with E-state index in [1.807, 2.05) is 0 Å². The van der Waals surface area contributed by atoms with E-state index in [9.17, 15) is 101 Å². The molecular formula is C76H72F24N12P4. The summed E-state index contributed by atoms with van der Waals surface area (Å²) in [5, 5.41) is 58.6. The number of benzene rings is 6. The van der Waals surface area contributed by atoms with Gasteiger partial charge >= 0.3 is 132 Å². The van der Waals surface area contributed by atoms with Crippen LogP contribution in [-0.2, 0) is 26.2 Å². The van der Waals surface area contributed by atoms with Gasteiger partial charge in [0.05, 0.1) is 48.6 Å². The molecule has 0 saturated carbocycles. The fraction of sp³-hybridized carbons (Fsp3) is 0.158. The van der Waals surface area contributed by atoms with Gasteiger partial charge < -0.3 is 0 Å². The van der Waals surface area contributed by atoms with Crippen molar-refractivity contribution in [3.8, 4) is 115 Å². The first-order valence-corrected chi connectivity index (χ1v) is 40.1. The van der Waals surface area contributed by atoms with Gasteiger partial charge in [-0.2, -0.15) is 42.1 Å². The average molecular weight is 1730 g/mol. The Morgan fingerprint density at radius 1 is 0.172 bits per heavy atom. The molecule has 0 spiro atoms. The van der Waals surface area contributed by atoms with Gasteiger partial charge in [-0.3, -0.25) is 0 Å². The van der Waals surface area contributed by atoms with Crippen molar-refractivity contribution in [3.63, 3.8) is 0 Å². The van der Waals surface area contributed by atoms with E-state index in [1.165, 1.54) is 144 Å². The molecule has 38 rings (SSSR count). The molecule has 0 N–H and O–H groups in total.